The van der Waals surface area contributed by atoms with Crippen molar-refractivity contribution >= 4 is 58.8 Å². The van der Waals surface area contributed by atoms with Crippen LogP contribution < -0.4 is 31.7 Å². The first-order valence-corrected chi connectivity index (χ1v) is 14.2. The van der Waals surface area contributed by atoms with Gasteiger partial charge in [0.2, 0.25) is 11.9 Å². The summed E-state index contributed by atoms with van der Waals surface area (Å²) in [6.07, 6.45) is 6.41. The number of rotatable bonds is 9. The predicted octanol–water partition coefficient (Wildman–Crippen LogP) is 4.86. The number of carbonyl (C=O) groups is 1. The van der Waals surface area contributed by atoms with Crippen molar-refractivity contribution in [2.75, 3.05) is 36.4 Å². The summed E-state index contributed by atoms with van der Waals surface area (Å²) in [7, 11) is -1.00. The van der Waals surface area contributed by atoms with Gasteiger partial charge >= 0.3 is 0 Å². The lowest BCUT2D eigenvalue weighted by Crippen LogP contribution is -2.19. The molecular weight excluding hydrogens is 499 g/mol. The van der Waals surface area contributed by atoms with Crippen LogP contribution >= 0.6 is 18.7 Å². The van der Waals surface area contributed by atoms with Crippen LogP contribution in [0.25, 0.3) is 0 Å². The van der Waals surface area contributed by atoms with Gasteiger partial charge in [-0.1, -0.05) is 29.8 Å². The minimum atomic E-state index is -2.54. The number of halogens is 1. The molecule has 0 radical (unpaired) electrons. The molecule has 1 heterocycles. The summed E-state index contributed by atoms with van der Waals surface area (Å²) in [5.74, 6) is 0.842. The number of carbonyl (C=O) groups excluding carboxylic acids is 1. The molecule has 0 unspecified atom stereocenters. The maximum Gasteiger partial charge on any atom is 0.248 e. The number of nitrogens with one attached hydrogen (secondary N) is 3. The molecule has 1 saturated carbocycles. The van der Waals surface area contributed by atoms with E-state index in [0.29, 0.717) is 39.0 Å². The molecule has 188 valence electrons. The molecule has 36 heavy (non-hydrogen) atoms. The van der Waals surface area contributed by atoms with E-state index in [1.807, 2.05) is 24.3 Å². The molecule has 0 bridgehead atoms. The third-order valence-corrected chi connectivity index (χ3v) is 7.42. The lowest BCUT2D eigenvalue weighted by atomic mass is 10.2. The summed E-state index contributed by atoms with van der Waals surface area (Å²) in [5, 5.41) is 10.1. The van der Waals surface area contributed by atoms with Crippen molar-refractivity contribution in [2.24, 2.45) is 5.73 Å². The van der Waals surface area contributed by atoms with Crippen molar-refractivity contribution in [2.45, 2.75) is 18.4 Å². The molecule has 1 amide bonds. The van der Waals surface area contributed by atoms with E-state index < -0.39 is 7.14 Å². The van der Waals surface area contributed by atoms with E-state index in [-0.39, 0.29) is 17.4 Å². The molecule has 1 aromatic heterocycles. The van der Waals surface area contributed by atoms with Crippen LogP contribution in [0.1, 0.15) is 12.8 Å². The Labute approximate surface area is 214 Å². The number of nitrogens with zero attached hydrogens (tertiary/aromatic N) is 2. The van der Waals surface area contributed by atoms with Gasteiger partial charge in [0.05, 0.1) is 24.7 Å². The maximum absolute atomic E-state index is 12.7. The fraction of sp³-hybridized carbons (Fsp3) is 0.240. The molecule has 3 aromatic rings. The molecule has 0 atom stereocenters. The van der Waals surface area contributed by atoms with Crippen LogP contribution in [0.2, 0.25) is 5.02 Å². The van der Waals surface area contributed by atoms with Crippen LogP contribution in [0.3, 0.4) is 0 Å². The van der Waals surface area contributed by atoms with Gasteiger partial charge in [0.15, 0.2) is 5.82 Å². The van der Waals surface area contributed by atoms with E-state index in [1.54, 1.807) is 37.6 Å². The summed E-state index contributed by atoms with van der Waals surface area (Å²) < 4.78 is 18.2. The molecule has 4 rings (SSSR count). The molecular formula is C25H28ClN6O3P. The average Bonchev–Trinajstić information content (AvgIpc) is 3.57. The quantitative estimate of drug-likeness (QED) is 0.230. The monoisotopic (exact) mass is 526 g/mol. The van der Waals surface area contributed by atoms with E-state index in [1.165, 1.54) is 19.4 Å². The number of hydrogen-bond acceptors (Lipinski definition) is 8. The standard InChI is InChI=1S/C25H28ClN6O3P/c1-35-20-9-8-16(29-22(33)10-11-25(27)12-13-25)14-19(20)31-24-28-15-17(26)23(32-24)30-18-6-4-5-7-21(18)36(2,3)34/h4-11,14-15H,12-13,27H2,1-3H3,(H,29,33)(H2,28,30,31,32)/b11-10+. The van der Waals surface area contributed by atoms with Gasteiger partial charge in [-0.3, -0.25) is 4.79 Å². The van der Waals surface area contributed by atoms with Crippen LogP contribution in [0.5, 0.6) is 5.75 Å². The Balaban J connectivity index is 1.55. The van der Waals surface area contributed by atoms with Gasteiger partial charge in [-0.05, 0) is 56.5 Å². The third kappa shape index (κ3) is 6.43. The largest absolute Gasteiger partial charge is 0.495 e. The second-order valence-electron chi connectivity index (χ2n) is 8.98. The Hall–Kier alpha value is -3.39. The first-order valence-electron chi connectivity index (χ1n) is 11.2. The van der Waals surface area contributed by atoms with Crippen LogP contribution in [-0.2, 0) is 9.36 Å². The lowest BCUT2D eigenvalue weighted by molar-refractivity contribution is -0.111. The number of ether oxygens (including phenoxy) is 1. The number of nitrogens with two attached hydrogens (primary N) is 1. The van der Waals surface area contributed by atoms with Gasteiger partial charge < -0.3 is 31.0 Å². The fourth-order valence-corrected chi connectivity index (χ4v) is 4.73. The van der Waals surface area contributed by atoms with Crippen molar-refractivity contribution in [1.29, 1.82) is 0 Å². The minimum absolute atomic E-state index is 0.246. The van der Waals surface area contributed by atoms with Gasteiger partial charge in [0.1, 0.15) is 17.9 Å². The predicted molar refractivity (Wildman–Crippen MR) is 146 cm³/mol. The molecule has 5 N–H and O–H groups in total. The van der Waals surface area contributed by atoms with E-state index in [0.717, 1.165) is 12.8 Å². The SMILES string of the molecule is COc1ccc(NC(=O)/C=C/C2(N)CC2)cc1Nc1ncc(Cl)c(Nc2ccccc2P(C)(C)=O)n1. The maximum atomic E-state index is 12.7. The lowest BCUT2D eigenvalue weighted by Gasteiger charge is -2.16. The van der Waals surface area contributed by atoms with E-state index in [4.69, 9.17) is 22.1 Å². The smallest absolute Gasteiger partial charge is 0.248 e. The second-order valence-corrected chi connectivity index (χ2v) is 12.6. The molecule has 0 saturated heterocycles. The van der Waals surface area contributed by atoms with Gasteiger partial charge in [-0.25, -0.2) is 4.98 Å². The van der Waals surface area contributed by atoms with Crippen LogP contribution in [0.15, 0.2) is 60.8 Å². The number of para-hydroxylation sites is 1. The van der Waals surface area contributed by atoms with E-state index in [9.17, 15) is 9.36 Å². The Morgan fingerprint density at radius 3 is 2.61 bits per heavy atom. The molecule has 11 heteroatoms. The summed E-state index contributed by atoms with van der Waals surface area (Å²) >= 11 is 6.35. The highest BCUT2D eigenvalue weighted by molar-refractivity contribution is 7.70. The Bertz CT molecular complexity index is 1370. The van der Waals surface area contributed by atoms with Gasteiger partial charge in [-0.2, -0.15) is 4.98 Å². The number of methoxy groups -OCH3 is 1. The highest BCUT2D eigenvalue weighted by atomic mass is 35.5. The van der Waals surface area contributed by atoms with Gasteiger partial charge in [0, 0.05) is 22.6 Å². The number of amides is 1. The van der Waals surface area contributed by atoms with Crippen molar-refractivity contribution in [3.8, 4) is 5.75 Å². The summed E-state index contributed by atoms with van der Waals surface area (Å²) in [6, 6.07) is 12.5. The van der Waals surface area contributed by atoms with Crippen LogP contribution in [0, 0.1) is 0 Å². The number of aromatic nitrogens is 2. The zero-order chi connectivity index (χ0) is 25.9. The fourth-order valence-electron chi connectivity index (χ4n) is 3.43. The number of hydrogen-bond donors (Lipinski definition) is 4. The molecule has 0 aliphatic heterocycles. The summed E-state index contributed by atoms with van der Waals surface area (Å²) in [4.78, 5) is 21.0. The molecule has 0 spiro atoms. The average molecular weight is 527 g/mol. The zero-order valence-electron chi connectivity index (χ0n) is 20.2. The molecule has 1 aliphatic rings. The van der Waals surface area contributed by atoms with Crippen molar-refractivity contribution < 1.29 is 14.1 Å². The first-order chi connectivity index (χ1) is 17.1. The Morgan fingerprint density at radius 2 is 1.92 bits per heavy atom. The van der Waals surface area contributed by atoms with E-state index in [2.05, 4.69) is 25.9 Å². The number of anilines is 5. The van der Waals surface area contributed by atoms with Crippen molar-refractivity contribution in [3.05, 3.63) is 65.8 Å². The molecule has 1 aliphatic carbocycles. The third-order valence-electron chi connectivity index (χ3n) is 5.59. The Kier molecular flexibility index (Phi) is 7.36. The van der Waals surface area contributed by atoms with Gasteiger partial charge in [0.25, 0.3) is 0 Å². The molecule has 9 nitrogen and oxygen atoms in total. The second kappa shape index (κ2) is 10.3. The van der Waals surface area contributed by atoms with Crippen LogP contribution in [0.4, 0.5) is 28.8 Å². The van der Waals surface area contributed by atoms with Crippen molar-refractivity contribution in [3.63, 3.8) is 0 Å². The molecule has 2 aromatic carbocycles. The highest BCUT2D eigenvalue weighted by Gasteiger charge is 2.35. The zero-order valence-corrected chi connectivity index (χ0v) is 21.9. The van der Waals surface area contributed by atoms with E-state index >= 15 is 0 Å². The first kappa shape index (κ1) is 25.7. The normalized spacial score (nSPS) is 14.4. The molecule has 1 fully saturated rings. The summed E-state index contributed by atoms with van der Waals surface area (Å²) in [5.41, 5.74) is 7.39. The minimum Gasteiger partial charge on any atom is -0.495 e. The topological polar surface area (TPSA) is 131 Å². The van der Waals surface area contributed by atoms with Crippen molar-refractivity contribution in [1.82, 2.24) is 9.97 Å². The Morgan fingerprint density at radius 1 is 1.17 bits per heavy atom. The highest BCUT2D eigenvalue weighted by Crippen LogP contribution is 2.39. The van der Waals surface area contributed by atoms with Gasteiger partial charge in [-0.15, -0.1) is 0 Å². The number of benzene rings is 2. The summed E-state index contributed by atoms with van der Waals surface area (Å²) in [6.45, 7) is 3.41. The van der Waals surface area contributed by atoms with Crippen LogP contribution in [-0.4, -0.2) is 41.9 Å².